The zero-order valence-electron chi connectivity index (χ0n) is 29.8. The second-order valence-corrected chi connectivity index (χ2v) is 14.4. The summed E-state index contributed by atoms with van der Waals surface area (Å²) in [5.41, 5.74) is 17.2. The lowest BCUT2D eigenvalue weighted by Crippen LogP contribution is -2.21. The van der Waals surface area contributed by atoms with Gasteiger partial charge in [-0.05, 0) is 80.4 Å². The minimum Gasteiger partial charge on any atom is -0.456 e. The van der Waals surface area contributed by atoms with E-state index in [1.807, 2.05) is 6.07 Å². The first-order valence-electron chi connectivity index (χ1n) is 18.4. The summed E-state index contributed by atoms with van der Waals surface area (Å²) < 4.78 is 6.56. The smallest absolute Gasteiger partial charge is 0.137 e. The maximum atomic E-state index is 6.56. The van der Waals surface area contributed by atoms with E-state index in [1.165, 1.54) is 55.6 Å². The molecule has 53 heavy (non-hydrogen) atoms. The first-order chi connectivity index (χ1) is 26.1. The average molecular weight is 680 g/mol. The first-order valence-corrected chi connectivity index (χ1v) is 18.4. The zero-order chi connectivity index (χ0) is 35.5. The lowest BCUT2D eigenvalue weighted by atomic mass is 9.81. The number of benzene rings is 8. The van der Waals surface area contributed by atoms with Crippen LogP contribution in [0.15, 0.2) is 192 Å². The minimum atomic E-state index is -0.244. The summed E-state index contributed by atoms with van der Waals surface area (Å²) in [7, 11) is 0. The van der Waals surface area contributed by atoms with Crippen LogP contribution in [0.25, 0.3) is 66.4 Å². The van der Waals surface area contributed by atoms with Gasteiger partial charge in [0.2, 0.25) is 0 Å². The molecule has 1 aliphatic rings. The molecule has 0 fully saturated rings. The molecule has 0 saturated heterocycles. The molecule has 1 heterocycles. The third-order valence-electron chi connectivity index (χ3n) is 11.1. The van der Waals surface area contributed by atoms with E-state index in [-0.39, 0.29) is 5.41 Å². The second kappa shape index (κ2) is 12.3. The first kappa shape index (κ1) is 31.1. The van der Waals surface area contributed by atoms with E-state index in [2.05, 4.69) is 201 Å². The fraction of sp³-hybridized carbons (Fsp3) is 0.0588. The van der Waals surface area contributed by atoms with Gasteiger partial charge in [0.1, 0.15) is 11.2 Å². The highest BCUT2D eigenvalue weighted by atomic mass is 16.3. The van der Waals surface area contributed by atoms with Crippen molar-refractivity contribution < 1.29 is 4.42 Å². The summed E-state index contributed by atoms with van der Waals surface area (Å²) in [6, 6.07) is 67.9. The molecule has 2 nitrogen and oxygen atoms in total. The molecule has 0 aliphatic heterocycles. The van der Waals surface area contributed by atoms with Crippen LogP contribution in [0.4, 0.5) is 17.1 Å². The Kier molecular flexibility index (Phi) is 7.19. The Morgan fingerprint density at radius 2 is 0.925 bits per heavy atom. The lowest BCUT2D eigenvalue weighted by Gasteiger charge is -2.34. The molecule has 2 heteroatoms. The van der Waals surface area contributed by atoms with Gasteiger partial charge in [-0.1, -0.05) is 172 Å². The van der Waals surface area contributed by atoms with Gasteiger partial charge in [0, 0.05) is 16.4 Å². The van der Waals surface area contributed by atoms with Crippen molar-refractivity contribution in [1.82, 2.24) is 0 Å². The van der Waals surface area contributed by atoms with Crippen molar-refractivity contribution in [1.29, 1.82) is 0 Å². The Labute approximate surface area is 310 Å². The van der Waals surface area contributed by atoms with Crippen LogP contribution in [0.5, 0.6) is 0 Å². The Hall–Kier alpha value is -6.64. The molecule has 0 unspecified atom stereocenters. The van der Waals surface area contributed by atoms with E-state index in [9.17, 15) is 0 Å². The molecule has 1 aliphatic carbocycles. The molecule has 0 saturated carbocycles. The van der Waals surface area contributed by atoms with Crippen molar-refractivity contribution in [3.63, 3.8) is 0 Å². The molecule has 252 valence electrons. The minimum absolute atomic E-state index is 0.244. The SMILES string of the molecule is CC1(C)c2ccccc2-c2cccc(N(c3cccc(-c4ccccc4)c3-c3ccccc3-c3ccccc3)c3cccc4oc5ccccc5c34)c21. The van der Waals surface area contributed by atoms with E-state index in [4.69, 9.17) is 4.42 Å². The second-order valence-electron chi connectivity index (χ2n) is 14.4. The molecule has 0 spiro atoms. The quantitative estimate of drug-likeness (QED) is 0.174. The highest BCUT2D eigenvalue weighted by molar-refractivity contribution is 6.15. The number of rotatable bonds is 6. The number of para-hydroxylation sites is 1. The normalized spacial score (nSPS) is 12.9. The van der Waals surface area contributed by atoms with Crippen LogP contribution in [0.1, 0.15) is 25.0 Å². The zero-order valence-corrected chi connectivity index (χ0v) is 29.8. The van der Waals surface area contributed by atoms with Gasteiger partial charge in [0.15, 0.2) is 0 Å². The van der Waals surface area contributed by atoms with Gasteiger partial charge < -0.3 is 9.32 Å². The van der Waals surface area contributed by atoms with Crippen molar-refractivity contribution in [2.24, 2.45) is 0 Å². The highest BCUT2D eigenvalue weighted by Gasteiger charge is 2.39. The van der Waals surface area contributed by atoms with E-state index >= 15 is 0 Å². The fourth-order valence-electron chi connectivity index (χ4n) is 8.78. The summed E-state index contributed by atoms with van der Waals surface area (Å²) in [6.07, 6.45) is 0. The molecule has 0 bridgehead atoms. The van der Waals surface area contributed by atoms with Gasteiger partial charge in [0.25, 0.3) is 0 Å². The van der Waals surface area contributed by atoms with Crippen LogP contribution in [-0.2, 0) is 5.41 Å². The predicted molar refractivity (Wildman–Crippen MR) is 222 cm³/mol. The predicted octanol–water partition coefficient (Wildman–Crippen LogP) is 14.4. The molecular formula is C51H37NO. The van der Waals surface area contributed by atoms with Crippen molar-refractivity contribution >= 4 is 39.0 Å². The van der Waals surface area contributed by atoms with Gasteiger partial charge in [0.05, 0.1) is 22.4 Å². The Morgan fingerprint density at radius 1 is 0.396 bits per heavy atom. The molecule has 0 atom stereocenters. The molecule has 0 N–H and O–H groups in total. The number of hydrogen-bond acceptors (Lipinski definition) is 2. The van der Waals surface area contributed by atoms with Gasteiger partial charge in [-0.15, -0.1) is 0 Å². The average Bonchev–Trinajstić information content (AvgIpc) is 3.71. The largest absolute Gasteiger partial charge is 0.456 e. The van der Waals surface area contributed by atoms with Crippen molar-refractivity contribution in [2.75, 3.05) is 4.90 Å². The summed E-state index contributed by atoms with van der Waals surface area (Å²) >= 11 is 0. The number of hydrogen-bond donors (Lipinski definition) is 0. The third kappa shape index (κ3) is 4.87. The number of fused-ring (bicyclic) bond motifs is 6. The number of furan rings is 1. The van der Waals surface area contributed by atoms with Crippen molar-refractivity contribution in [3.8, 4) is 44.5 Å². The molecule has 10 rings (SSSR count). The van der Waals surface area contributed by atoms with Crippen molar-refractivity contribution in [3.05, 3.63) is 199 Å². The summed E-state index contributed by atoms with van der Waals surface area (Å²) in [6.45, 7) is 4.75. The molecule has 9 aromatic rings. The molecule has 1 aromatic heterocycles. The van der Waals surface area contributed by atoms with E-state index in [1.54, 1.807) is 0 Å². The fourth-order valence-corrected chi connectivity index (χ4v) is 8.78. The Bertz CT molecular complexity index is 2810. The van der Waals surface area contributed by atoms with Gasteiger partial charge in [-0.25, -0.2) is 0 Å². The monoisotopic (exact) mass is 679 g/mol. The topological polar surface area (TPSA) is 16.4 Å². The van der Waals surface area contributed by atoms with Crippen LogP contribution in [-0.4, -0.2) is 0 Å². The summed E-state index contributed by atoms with van der Waals surface area (Å²) in [5.74, 6) is 0. The van der Waals surface area contributed by atoms with E-state index in [0.29, 0.717) is 0 Å². The van der Waals surface area contributed by atoms with Gasteiger partial charge in [-0.2, -0.15) is 0 Å². The van der Waals surface area contributed by atoms with Crippen LogP contribution in [0.2, 0.25) is 0 Å². The molecular weight excluding hydrogens is 643 g/mol. The Morgan fingerprint density at radius 3 is 1.70 bits per heavy atom. The van der Waals surface area contributed by atoms with Gasteiger partial charge >= 0.3 is 0 Å². The maximum Gasteiger partial charge on any atom is 0.137 e. The van der Waals surface area contributed by atoms with Crippen LogP contribution in [0, 0.1) is 0 Å². The molecule has 0 amide bonds. The van der Waals surface area contributed by atoms with Crippen molar-refractivity contribution in [2.45, 2.75) is 19.3 Å². The standard InChI is InChI=1S/C51H37NO/c1-51(2)42-28-13-11-23-38(42)40-27-16-31-45(50(40)51)52(44-30-17-33-47-49(44)41-25-12-14-32-46(41)53-47)43-29-15-26-37(35-20-7-4-8-21-35)48(43)39-24-10-9-22-36(39)34-18-5-3-6-19-34/h3-33H,1-2H3. The number of anilines is 3. The molecule has 8 aromatic carbocycles. The lowest BCUT2D eigenvalue weighted by molar-refractivity contribution is 0.661. The van der Waals surface area contributed by atoms with Crippen LogP contribution in [0.3, 0.4) is 0 Å². The van der Waals surface area contributed by atoms with E-state index in [0.717, 1.165) is 39.0 Å². The number of nitrogens with zero attached hydrogens (tertiary/aromatic N) is 1. The molecule has 0 radical (unpaired) electrons. The third-order valence-corrected chi connectivity index (χ3v) is 11.1. The van der Waals surface area contributed by atoms with Crippen LogP contribution >= 0.6 is 0 Å². The van der Waals surface area contributed by atoms with Gasteiger partial charge in [-0.3, -0.25) is 0 Å². The Balaban J connectivity index is 1.36. The summed E-state index contributed by atoms with van der Waals surface area (Å²) in [5, 5.41) is 2.20. The van der Waals surface area contributed by atoms with Crippen LogP contribution < -0.4 is 4.90 Å². The maximum absolute atomic E-state index is 6.56. The summed E-state index contributed by atoms with van der Waals surface area (Å²) in [4.78, 5) is 2.53. The highest BCUT2D eigenvalue weighted by Crippen LogP contribution is 2.57. The van der Waals surface area contributed by atoms with E-state index < -0.39 is 0 Å².